The molecule has 0 spiro atoms. The topological polar surface area (TPSA) is 35.5 Å². The first-order valence-electron chi connectivity index (χ1n) is 9.70. The fourth-order valence-corrected chi connectivity index (χ4v) is 2.49. The molecule has 0 aliphatic heterocycles. The normalized spacial score (nSPS) is 13.1. The lowest BCUT2D eigenvalue weighted by Gasteiger charge is -2.20. The molecule has 0 fully saturated rings. The minimum atomic E-state index is -0.458. The van der Waals surface area contributed by atoms with E-state index in [9.17, 15) is 4.79 Å². The molecule has 0 saturated heterocycles. The maximum atomic E-state index is 11.8. The maximum Gasteiger partial charge on any atom is 0.313 e. The van der Waals surface area contributed by atoms with Gasteiger partial charge in [0, 0.05) is 0 Å². The highest BCUT2D eigenvalue weighted by Crippen LogP contribution is 2.18. The summed E-state index contributed by atoms with van der Waals surface area (Å²) in [5, 5.41) is 0. The van der Waals surface area contributed by atoms with Gasteiger partial charge in [0.15, 0.2) is 6.79 Å². The molecule has 0 aliphatic carbocycles. The fourth-order valence-electron chi connectivity index (χ4n) is 2.49. The Hall–Kier alpha value is -0.570. The summed E-state index contributed by atoms with van der Waals surface area (Å²) < 4.78 is 11.1. The Morgan fingerprint density at radius 3 is 1.78 bits per heavy atom. The van der Waals surface area contributed by atoms with Gasteiger partial charge in [-0.3, -0.25) is 4.79 Å². The smallest absolute Gasteiger partial charge is 0.313 e. The molecule has 0 saturated carbocycles. The van der Waals surface area contributed by atoms with Crippen molar-refractivity contribution in [2.24, 2.45) is 5.41 Å². The number of esters is 1. The van der Waals surface area contributed by atoms with Gasteiger partial charge < -0.3 is 9.47 Å². The molecular formula is C20H40O3. The summed E-state index contributed by atoms with van der Waals surface area (Å²) in [6.45, 7) is 10.2. The number of carbonyl (C=O) groups is 1. The SMILES string of the molecule is CCCCCCCC(CCCCCC)OCOC(=O)C(C)(C)C. The van der Waals surface area contributed by atoms with Crippen molar-refractivity contribution in [3.05, 3.63) is 0 Å². The van der Waals surface area contributed by atoms with E-state index in [1.807, 2.05) is 20.8 Å². The van der Waals surface area contributed by atoms with Crippen LogP contribution in [0, 0.1) is 5.41 Å². The predicted octanol–water partition coefficient (Wildman–Crippen LogP) is 6.25. The van der Waals surface area contributed by atoms with E-state index in [-0.39, 0.29) is 18.9 Å². The van der Waals surface area contributed by atoms with Gasteiger partial charge >= 0.3 is 5.97 Å². The van der Waals surface area contributed by atoms with Gasteiger partial charge in [-0.15, -0.1) is 0 Å². The standard InChI is InChI=1S/C20H40O3/c1-6-8-10-12-14-16-18(15-13-11-9-7-2)22-17-23-19(21)20(3,4)5/h18H,6-17H2,1-5H3. The lowest BCUT2D eigenvalue weighted by Crippen LogP contribution is -2.25. The third-order valence-corrected chi connectivity index (χ3v) is 4.12. The number of ether oxygens (including phenoxy) is 2. The van der Waals surface area contributed by atoms with Crippen LogP contribution in [0.2, 0.25) is 0 Å². The Morgan fingerprint density at radius 2 is 1.30 bits per heavy atom. The summed E-state index contributed by atoms with van der Waals surface area (Å²) >= 11 is 0. The summed E-state index contributed by atoms with van der Waals surface area (Å²) in [6.07, 6.45) is 13.9. The minimum Gasteiger partial charge on any atom is -0.438 e. The predicted molar refractivity (Wildman–Crippen MR) is 97.4 cm³/mol. The van der Waals surface area contributed by atoms with Gasteiger partial charge in [-0.2, -0.15) is 0 Å². The van der Waals surface area contributed by atoms with Crippen molar-refractivity contribution < 1.29 is 14.3 Å². The van der Waals surface area contributed by atoms with E-state index in [4.69, 9.17) is 9.47 Å². The monoisotopic (exact) mass is 328 g/mol. The highest BCUT2D eigenvalue weighted by molar-refractivity contribution is 5.75. The Morgan fingerprint density at radius 1 is 0.826 bits per heavy atom. The molecule has 0 bridgehead atoms. The molecule has 0 aliphatic rings. The molecule has 0 radical (unpaired) electrons. The number of rotatable bonds is 14. The zero-order valence-corrected chi connectivity index (χ0v) is 16.3. The van der Waals surface area contributed by atoms with Crippen LogP contribution in [0.25, 0.3) is 0 Å². The molecule has 0 aromatic carbocycles. The highest BCUT2D eigenvalue weighted by Gasteiger charge is 2.23. The van der Waals surface area contributed by atoms with Crippen molar-refractivity contribution in [2.75, 3.05) is 6.79 Å². The second kappa shape index (κ2) is 13.8. The third kappa shape index (κ3) is 13.6. The van der Waals surface area contributed by atoms with Crippen LogP contribution in [-0.4, -0.2) is 18.9 Å². The molecule has 0 rings (SSSR count). The van der Waals surface area contributed by atoms with Crippen LogP contribution in [0.3, 0.4) is 0 Å². The van der Waals surface area contributed by atoms with E-state index in [0.29, 0.717) is 0 Å². The van der Waals surface area contributed by atoms with Crippen molar-refractivity contribution >= 4 is 5.97 Å². The molecule has 138 valence electrons. The Labute approximate surface area is 144 Å². The van der Waals surface area contributed by atoms with Gasteiger partial charge in [0.05, 0.1) is 11.5 Å². The van der Waals surface area contributed by atoms with Crippen molar-refractivity contribution in [3.63, 3.8) is 0 Å². The zero-order chi connectivity index (χ0) is 17.6. The molecule has 0 N–H and O–H groups in total. The van der Waals surface area contributed by atoms with Gasteiger partial charge in [0.1, 0.15) is 0 Å². The van der Waals surface area contributed by atoms with Crippen molar-refractivity contribution in [2.45, 2.75) is 111 Å². The van der Waals surface area contributed by atoms with Crippen LogP contribution in [0.1, 0.15) is 105 Å². The van der Waals surface area contributed by atoms with Gasteiger partial charge in [-0.05, 0) is 33.6 Å². The van der Waals surface area contributed by atoms with Gasteiger partial charge in [0.25, 0.3) is 0 Å². The van der Waals surface area contributed by atoms with Crippen LogP contribution < -0.4 is 0 Å². The average Bonchev–Trinajstić information content (AvgIpc) is 2.49. The second-order valence-electron chi connectivity index (χ2n) is 7.64. The summed E-state index contributed by atoms with van der Waals surface area (Å²) in [5.41, 5.74) is -0.458. The van der Waals surface area contributed by atoms with Gasteiger partial charge in [0.2, 0.25) is 0 Å². The lowest BCUT2D eigenvalue weighted by atomic mass is 9.98. The first-order chi connectivity index (χ1) is 10.9. The maximum absolute atomic E-state index is 11.8. The Balaban J connectivity index is 4.02. The first kappa shape index (κ1) is 22.4. The number of unbranched alkanes of at least 4 members (excludes halogenated alkanes) is 7. The number of hydrogen-bond acceptors (Lipinski definition) is 3. The van der Waals surface area contributed by atoms with Crippen LogP contribution >= 0.6 is 0 Å². The molecule has 0 amide bonds. The van der Waals surface area contributed by atoms with Crippen LogP contribution in [-0.2, 0) is 14.3 Å². The third-order valence-electron chi connectivity index (χ3n) is 4.12. The van der Waals surface area contributed by atoms with Crippen molar-refractivity contribution in [1.82, 2.24) is 0 Å². The average molecular weight is 329 g/mol. The van der Waals surface area contributed by atoms with Crippen LogP contribution in [0.4, 0.5) is 0 Å². The van der Waals surface area contributed by atoms with Crippen molar-refractivity contribution in [1.29, 1.82) is 0 Å². The summed E-state index contributed by atoms with van der Waals surface area (Å²) in [5.74, 6) is -0.190. The quantitative estimate of drug-likeness (QED) is 0.215. The molecule has 0 heterocycles. The van der Waals surface area contributed by atoms with Gasteiger partial charge in [-0.25, -0.2) is 0 Å². The molecule has 1 atom stereocenters. The Bertz CT molecular complexity index is 281. The molecule has 3 heteroatoms. The van der Waals surface area contributed by atoms with E-state index in [2.05, 4.69) is 13.8 Å². The summed E-state index contributed by atoms with van der Waals surface area (Å²) in [6, 6.07) is 0. The van der Waals surface area contributed by atoms with E-state index in [1.165, 1.54) is 57.8 Å². The van der Waals surface area contributed by atoms with Crippen LogP contribution in [0.5, 0.6) is 0 Å². The lowest BCUT2D eigenvalue weighted by molar-refractivity contribution is -0.170. The molecule has 0 aromatic rings. The largest absolute Gasteiger partial charge is 0.438 e. The van der Waals surface area contributed by atoms with Crippen LogP contribution in [0.15, 0.2) is 0 Å². The van der Waals surface area contributed by atoms with E-state index in [1.54, 1.807) is 0 Å². The number of carbonyl (C=O) groups excluding carboxylic acids is 1. The summed E-state index contributed by atoms with van der Waals surface area (Å²) in [7, 11) is 0. The van der Waals surface area contributed by atoms with Gasteiger partial charge in [-0.1, -0.05) is 71.6 Å². The molecule has 1 unspecified atom stereocenters. The fraction of sp³-hybridized carbons (Fsp3) is 0.950. The molecule has 0 aromatic heterocycles. The zero-order valence-electron chi connectivity index (χ0n) is 16.3. The first-order valence-corrected chi connectivity index (χ1v) is 9.70. The molecule has 23 heavy (non-hydrogen) atoms. The highest BCUT2D eigenvalue weighted by atomic mass is 16.7. The second-order valence-corrected chi connectivity index (χ2v) is 7.64. The number of hydrogen-bond donors (Lipinski definition) is 0. The minimum absolute atomic E-state index is 0.101. The van der Waals surface area contributed by atoms with E-state index >= 15 is 0 Å². The Kier molecular flexibility index (Phi) is 13.5. The molecule has 3 nitrogen and oxygen atoms in total. The summed E-state index contributed by atoms with van der Waals surface area (Å²) in [4.78, 5) is 11.8. The van der Waals surface area contributed by atoms with Crippen molar-refractivity contribution in [3.8, 4) is 0 Å². The molecular weight excluding hydrogens is 288 g/mol. The van der Waals surface area contributed by atoms with E-state index < -0.39 is 5.41 Å². The van der Waals surface area contributed by atoms with E-state index in [0.717, 1.165) is 12.8 Å².